The van der Waals surface area contributed by atoms with Crippen molar-refractivity contribution in [3.8, 4) is 11.5 Å². The molecular weight excluding hydrogens is 432 g/mol. The molecule has 1 aliphatic heterocycles. The van der Waals surface area contributed by atoms with Gasteiger partial charge in [0.05, 0.1) is 17.4 Å². The van der Waals surface area contributed by atoms with Crippen LogP contribution in [0.25, 0.3) is 0 Å². The van der Waals surface area contributed by atoms with Crippen molar-refractivity contribution in [1.82, 2.24) is 0 Å². The van der Waals surface area contributed by atoms with Crippen LogP contribution in [-0.2, 0) is 27.4 Å². The fourth-order valence-electron chi connectivity index (χ4n) is 3.60. The van der Waals surface area contributed by atoms with Crippen LogP contribution < -0.4 is 4.74 Å². The van der Waals surface area contributed by atoms with E-state index in [1.54, 1.807) is 12.1 Å². The number of rotatable bonds is 4. The summed E-state index contributed by atoms with van der Waals surface area (Å²) >= 11 is 0. The third-order valence-electron chi connectivity index (χ3n) is 5.94. The number of phenols is 1. The van der Waals surface area contributed by atoms with E-state index in [1.807, 2.05) is 20.8 Å². The van der Waals surface area contributed by atoms with E-state index in [0.717, 1.165) is 47.3 Å². The molecule has 0 unspecified atom stereocenters. The highest BCUT2D eigenvalue weighted by atomic mass is 32.2. The minimum atomic E-state index is -4.27. The molecule has 0 fully saturated rings. The normalized spacial score (nSPS) is 18.1. The van der Waals surface area contributed by atoms with Gasteiger partial charge in [0, 0.05) is 12.0 Å². The van der Waals surface area contributed by atoms with Crippen molar-refractivity contribution in [2.24, 2.45) is 0 Å². The Morgan fingerprint density at radius 1 is 1.06 bits per heavy atom. The molecule has 0 amide bonds. The molecule has 0 saturated carbocycles. The maximum atomic E-state index is 10.4. The van der Waals surface area contributed by atoms with Crippen LogP contribution in [0.15, 0.2) is 29.2 Å². The first-order valence-corrected chi connectivity index (χ1v) is 13.9. The van der Waals surface area contributed by atoms with Crippen LogP contribution in [0.3, 0.4) is 0 Å². The first-order valence-electron chi connectivity index (χ1n) is 10.3. The van der Waals surface area contributed by atoms with E-state index in [4.69, 9.17) is 4.74 Å². The zero-order valence-corrected chi connectivity index (χ0v) is 21.2. The average molecular weight is 467 g/mol. The Hall–Kier alpha value is -1.70. The van der Waals surface area contributed by atoms with Crippen molar-refractivity contribution in [3.05, 3.63) is 52.1 Å². The number of benzene rings is 2. The molecule has 7 heteroatoms. The predicted molar refractivity (Wildman–Crippen MR) is 128 cm³/mol. The smallest absolute Gasteiger partial charge is 0.127 e. The van der Waals surface area contributed by atoms with Gasteiger partial charge >= 0.3 is 0 Å². The minimum absolute atomic E-state index is 0.0507. The van der Waals surface area contributed by atoms with Crippen LogP contribution in [0.5, 0.6) is 11.5 Å². The molecule has 0 spiro atoms. The first kappa shape index (κ1) is 25.6. The van der Waals surface area contributed by atoms with Gasteiger partial charge in [-0.3, -0.25) is 0 Å². The lowest BCUT2D eigenvalue weighted by atomic mass is 9.86. The van der Waals surface area contributed by atoms with Crippen LogP contribution in [-0.4, -0.2) is 41.9 Å². The van der Waals surface area contributed by atoms with Crippen molar-refractivity contribution < 1.29 is 22.8 Å². The average Bonchev–Trinajstić information content (AvgIpc) is 2.69. The highest BCUT2D eigenvalue weighted by Crippen LogP contribution is 2.44. The Labute approximate surface area is 189 Å². The first-order chi connectivity index (χ1) is 14.2. The van der Waals surface area contributed by atoms with Gasteiger partial charge in [-0.15, -0.1) is 0 Å². The monoisotopic (exact) mass is 466 g/mol. The quantitative estimate of drug-likeness (QED) is 0.527. The molecule has 0 radical (unpaired) electrons. The standard InChI is InChI=1S/C17H26O2S.C7H8O3S/c1-11-12(2)16-14(13(3)15(11)18)7-8-17(4,19-16)9-10-20(5)6;1-6-2-4-7(5-3-6)11(8,9)10/h7-10H2,1-6H3;2-5H,1H3,(H,8,9,10)/t17-;/m1./s1. The summed E-state index contributed by atoms with van der Waals surface area (Å²) in [6.45, 7) is 10.1. The summed E-state index contributed by atoms with van der Waals surface area (Å²) < 4.78 is 37.6. The molecule has 3 rings (SSSR count). The molecule has 0 bridgehead atoms. The number of ether oxygens (including phenoxy) is 1. The fraction of sp³-hybridized carbons (Fsp3) is 0.500. The van der Waals surface area contributed by atoms with Gasteiger partial charge in [0.1, 0.15) is 33.0 Å². The lowest BCUT2D eigenvalue weighted by Gasteiger charge is -2.37. The van der Waals surface area contributed by atoms with E-state index in [1.165, 1.54) is 23.4 Å². The van der Waals surface area contributed by atoms with E-state index in [9.17, 15) is 18.1 Å². The fourth-order valence-corrected chi connectivity index (χ4v) is 4.91. The summed E-state index contributed by atoms with van der Waals surface area (Å²) in [6, 6.07) is 5.78. The number of hydrogen-bond acceptors (Lipinski definition) is 5. The second kappa shape index (κ2) is 9.84. The van der Waals surface area contributed by atoms with E-state index < -0.39 is 10.1 Å². The molecule has 1 aliphatic rings. The number of hydrogen-bond donors (Lipinski definition) is 1. The van der Waals surface area contributed by atoms with Crippen molar-refractivity contribution >= 4 is 21.0 Å². The molecule has 1 N–H and O–H groups in total. The van der Waals surface area contributed by atoms with Crippen molar-refractivity contribution in [1.29, 1.82) is 0 Å². The second-order valence-corrected chi connectivity index (χ2v) is 12.5. The zero-order chi connectivity index (χ0) is 23.6. The summed E-state index contributed by atoms with van der Waals surface area (Å²) in [5.41, 5.74) is 5.13. The highest BCUT2D eigenvalue weighted by molar-refractivity contribution is 7.95. The SMILES string of the molecule is Cc1c(C)c2c(c(C)c1O)CC[C@](C)(CC[S+](C)C)O2.Cc1ccc(S(=O)(=O)[O-])cc1. The summed E-state index contributed by atoms with van der Waals surface area (Å²) in [5, 5.41) is 10.2. The zero-order valence-electron chi connectivity index (χ0n) is 19.5. The lowest BCUT2D eigenvalue weighted by Crippen LogP contribution is -2.38. The van der Waals surface area contributed by atoms with E-state index in [2.05, 4.69) is 26.4 Å². The summed E-state index contributed by atoms with van der Waals surface area (Å²) in [4.78, 5) is -0.178. The number of fused-ring (bicyclic) bond motifs is 1. The predicted octanol–water partition coefficient (Wildman–Crippen LogP) is 4.57. The Bertz CT molecular complexity index is 1030. The van der Waals surface area contributed by atoms with Gasteiger partial charge in [-0.2, -0.15) is 0 Å². The molecule has 31 heavy (non-hydrogen) atoms. The molecule has 1 atom stereocenters. The Morgan fingerprint density at radius 3 is 2.16 bits per heavy atom. The molecule has 172 valence electrons. The summed E-state index contributed by atoms with van der Waals surface area (Å²) in [5.74, 6) is 2.69. The van der Waals surface area contributed by atoms with Crippen molar-refractivity contribution in [3.63, 3.8) is 0 Å². The van der Waals surface area contributed by atoms with Gasteiger partial charge < -0.3 is 14.4 Å². The van der Waals surface area contributed by atoms with Crippen LogP contribution in [0, 0.1) is 27.7 Å². The number of aromatic hydroxyl groups is 1. The Kier molecular flexibility index (Phi) is 8.11. The second-order valence-electron chi connectivity index (χ2n) is 8.79. The number of phenolic OH excluding ortho intramolecular Hbond substituents is 1. The molecule has 0 aliphatic carbocycles. The molecule has 2 aromatic carbocycles. The summed E-state index contributed by atoms with van der Waals surface area (Å²) in [7, 11) is -3.81. The van der Waals surface area contributed by atoms with Gasteiger partial charge in [0.2, 0.25) is 0 Å². The Morgan fingerprint density at radius 2 is 1.65 bits per heavy atom. The number of aryl methyl sites for hydroxylation is 1. The third-order valence-corrected chi connectivity index (χ3v) is 7.81. The van der Waals surface area contributed by atoms with Gasteiger partial charge in [-0.05, 0) is 87.2 Å². The van der Waals surface area contributed by atoms with Crippen LogP contribution in [0.4, 0.5) is 0 Å². The van der Waals surface area contributed by atoms with Crippen LogP contribution >= 0.6 is 0 Å². The molecular formula is C24H34O5S2. The van der Waals surface area contributed by atoms with Gasteiger partial charge in [0.15, 0.2) is 0 Å². The van der Waals surface area contributed by atoms with Crippen molar-refractivity contribution in [2.45, 2.75) is 64.4 Å². The maximum Gasteiger partial charge on any atom is 0.127 e. The molecule has 0 aromatic heterocycles. The summed E-state index contributed by atoms with van der Waals surface area (Å²) in [6.07, 6.45) is 7.74. The van der Waals surface area contributed by atoms with Crippen molar-refractivity contribution in [2.75, 3.05) is 18.3 Å². The Balaban J connectivity index is 0.000000262. The van der Waals surface area contributed by atoms with Crippen LogP contribution in [0.1, 0.15) is 47.6 Å². The highest BCUT2D eigenvalue weighted by Gasteiger charge is 2.35. The minimum Gasteiger partial charge on any atom is -0.744 e. The van der Waals surface area contributed by atoms with E-state index in [-0.39, 0.29) is 10.5 Å². The lowest BCUT2D eigenvalue weighted by molar-refractivity contribution is 0.0609. The van der Waals surface area contributed by atoms with Gasteiger partial charge in [0.25, 0.3) is 0 Å². The van der Waals surface area contributed by atoms with E-state index >= 15 is 0 Å². The third kappa shape index (κ3) is 6.40. The molecule has 0 saturated heterocycles. The topological polar surface area (TPSA) is 86.7 Å². The molecule has 1 heterocycles. The molecule has 2 aromatic rings. The van der Waals surface area contributed by atoms with E-state index in [0.29, 0.717) is 16.6 Å². The largest absolute Gasteiger partial charge is 0.744 e. The van der Waals surface area contributed by atoms with Crippen LogP contribution in [0.2, 0.25) is 0 Å². The van der Waals surface area contributed by atoms with Gasteiger partial charge in [-0.25, -0.2) is 8.42 Å². The van der Waals surface area contributed by atoms with Gasteiger partial charge in [-0.1, -0.05) is 17.7 Å². The molecule has 5 nitrogen and oxygen atoms in total. The maximum absolute atomic E-state index is 10.4.